The molecule has 1 unspecified atom stereocenters. The Morgan fingerprint density at radius 1 is 1.67 bits per heavy atom. The van der Waals surface area contributed by atoms with Gasteiger partial charge in [-0.25, -0.2) is 0 Å². The summed E-state index contributed by atoms with van der Waals surface area (Å²) < 4.78 is 5.89. The standard InChI is InChI=1S/C11H14BrNO2/c1-2-8-4-3-7-13(8)11(14)9-5-6-10(12)15-9/h5-6,8H,2-4,7H2,1H3. The number of carbonyl (C=O) groups is 1. The Kier molecular flexibility index (Phi) is 3.14. The van der Waals surface area contributed by atoms with Crippen LogP contribution in [0.5, 0.6) is 0 Å². The van der Waals surface area contributed by atoms with E-state index in [1.807, 2.05) is 4.90 Å². The summed E-state index contributed by atoms with van der Waals surface area (Å²) in [7, 11) is 0. The molecular formula is C11H14BrNO2. The molecule has 1 amide bonds. The molecule has 0 bridgehead atoms. The monoisotopic (exact) mass is 271 g/mol. The van der Waals surface area contributed by atoms with Crippen molar-refractivity contribution in [1.82, 2.24) is 4.90 Å². The summed E-state index contributed by atoms with van der Waals surface area (Å²) in [6, 6.07) is 3.86. The minimum atomic E-state index is 0.0186. The summed E-state index contributed by atoms with van der Waals surface area (Å²) in [5.74, 6) is 0.451. The predicted octanol–water partition coefficient (Wildman–Crippen LogP) is 3.06. The molecule has 0 aliphatic carbocycles. The quantitative estimate of drug-likeness (QED) is 0.829. The molecule has 1 aromatic rings. The van der Waals surface area contributed by atoms with Crippen LogP contribution in [0.2, 0.25) is 0 Å². The first-order valence-electron chi connectivity index (χ1n) is 5.28. The van der Waals surface area contributed by atoms with E-state index >= 15 is 0 Å². The Balaban J connectivity index is 2.13. The summed E-state index contributed by atoms with van der Waals surface area (Å²) in [4.78, 5) is 14.0. The van der Waals surface area contributed by atoms with Gasteiger partial charge in [-0.15, -0.1) is 0 Å². The van der Waals surface area contributed by atoms with Crippen molar-refractivity contribution in [1.29, 1.82) is 0 Å². The lowest BCUT2D eigenvalue weighted by Crippen LogP contribution is -2.34. The lowest BCUT2D eigenvalue weighted by atomic mass is 10.1. The fourth-order valence-corrected chi connectivity index (χ4v) is 2.40. The van der Waals surface area contributed by atoms with E-state index in [2.05, 4.69) is 22.9 Å². The van der Waals surface area contributed by atoms with E-state index in [4.69, 9.17) is 4.42 Å². The van der Waals surface area contributed by atoms with Gasteiger partial charge in [0.15, 0.2) is 10.4 Å². The molecule has 0 aromatic carbocycles. The number of hydrogen-bond acceptors (Lipinski definition) is 2. The number of nitrogens with zero attached hydrogens (tertiary/aromatic N) is 1. The van der Waals surface area contributed by atoms with Gasteiger partial charge < -0.3 is 9.32 Å². The average molecular weight is 272 g/mol. The number of halogens is 1. The van der Waals surface area contributed by atoms with Gasteiger partial charge in [0.2, 0.25) is 0 Å². The molecular weight excluding hydrogens is 258 g/mol. The van der Waals surface area contributed by atoms with Gasteiger partial charge >= 0.3 is 0 Å². The summed E-state index contributed by atoms with van der Waals surface area (Å²) in [6.45, 7) is 2.98. The fourth-order valence-electron chi connectivity index (χ4n) is 2.10. The first-order chi connectivity index (χ1) is 7.22. The Labute approximate surface area is 97.6 Å². The van der Waals surface area contributed by atoms with Gasteiger partial charge in [-0.05, 0) is 47.3 Å². The lowest BCUT2D eigenvalue weighted by molar-refractivity contribution is 0.0700. The van der Waals surface area contributed by atoms with Crippen LogP contribution in [0.15, 0.2) is 21.2 Å². The molecule has 1 fully saturated rings. The zero-order valence-corrected chi connectivity index (χ0v) is 10.3. The maximum absolute atomic E-state index is 12.0. The normalized spacial score (nSPS) is 20.9. The van der Waals surface area contributed by atoms with E-state index in [1.54, 1.807) is 12.1 Å². The van der Waals surface area contributed by atoms with Crippen LogP contribution in [0.25, 0.3) is 0 Å². The van der Waals surface area contributed by atoms with E-state index in [0.29, 0.717) is 16.5 Å². The number of amides is 1. The largest absolute Gasteiger partial charge is 0.444 e. The highest BCUT2D eigenvalue weighted by Crippen LogP contribution is 2.23. The Hall–Kier alpha value is -0.770. The molecule has 1 aliphatic heterocycles. The molecule has 2 rings (SSSR count). The van der Waals surface area contributed by atoms with Crippen molar-refractivity contribution in [3.63, 3.8) is 0 Å². The summed E-state index contributed by atoms with van der Waals surface area (Å²) in [5.41, 5.74) is 0. The van der Waals surface area contributed by atoms with Gasteiger partial charge in [0.1, 0.15) is 0 Å². The molecule has 1 aliphatic rings. The van der Waals surface area contributed by atoms with Crippen LogP contribution in [0, 0.1) is 0 Å². The predicted molar refractivity (Wildman–Crippen MR) is 60.8 cm³/mol. The van der Waals surface area contributed by atoms with Crippen molar-refractivity contribution in [2.45, 2.75) is 32.2 Å². The molecule has 2 heterocycles. The Morgan fingerprint density at radius 3 is 3.07 bits per heavy atom. The van der Waals surface area contributed by atoms with Crippen LogP contribution in [-0.4, -0.2) is 23.4 Å². The van der Waals surface area contributed by atoms with E-state index in [1.165, 1.54) is 0 Å². The van der Waals surface area contributed by atoms with Gasteiger partial charge in [0.05, 0.1) is 0 Å². The Morgan fingerprint density at radius 2 is 2.47 bits per heavy atom. The van der Waals surface area contributed by atoms with Crippen molar-refractivity contribution in [3.8, 4) is 0 Å². The molecule has 1 aromatic heterocycles. The summed E-state index contributed by atoms with van der Waals surface area (Å²) in [5, 5.41) is 0. The molecule has 0 saturated carbocycles. The highest BCUT2D eigenvalue weighted by Gasteiger charge is 2.29. The van der Waals surface area contributed by atoms with E-state index in [9.17, 15) is 4.79 Å². The van der Waals surface area contributed by atoms with Crippen LogP contribution < -0.4 is 0 Å². The first-order valence-corrected chi connectivity index (χ1v) is 6.08. The highest BCUT2D eigenvalue weighted by molar-refractivity contribution is 9.10. The second-order valence-electron chi connectivity index (χ2n) is 3.81. The SMILES string of the molecule is CCC1CCCN1C(=O)c1ccc(Br)o1. The van der Waals surface area contributed by atoms with Crippen molar-refractivity contribution in [2.24, 2.45) is 0 Å². The average Bonchev–Trinajstić information content (AvgIpc) is 2.84. The number of likely N-dealkylation sites (tertiary alicyclic amines) is 1. The lowest BCUT2D eigenvalue weighted by Gasteiger charge is -2.22. The molecule has 1 saturated heterocycles. The first kappa shape index (κ1) is 10.7. The highest BCUT2D eigenvalue weighted by atomic mass is 79.9. The van der Waals surface area contributed by atoms with Gasteiger partial charge in [0, 0.05) is 12.6 Å². The molecule has 0 N–H and O–H groups in total. The van der Waals surface area contributed by atoms with E-state index in [-0.39, 0.29) is 5.91 Å². The molecule has 4 heteroatoms. The Bertz CT molecular complexity index is 361. The van der Waals surface area contributed by atoms with Crippen molar-refractivity contribution < 1.29 is 9.21 Å². The number of furan rings is 1. The third kappa shape index (κ3) is 2.09. The third-order valence-corrected chi connectivity index (χ3v) is 3.32. The molecule has 0 radical (unpaired) electrons. The van der Waals surface area contributed by atoms with Gasteiger partial charge in [0.25, 0.3) is 5.91 Å². The third-order valence-electron chi connectivity index (χ3n) is 2.89. The maximum Gasteiger partial charge on any atom is 0.289 e. The van der Waals surface area contributed by atoms with Crippen molar-refractivity contribution >= 4 is 21.8 Å². The van der Waals surface area contributed by atoms with Crippen molar-refractivity contribution in [3.05, 3.63) is 22.6 Å². The van der Waals surface area contributed by atoms with E-state index in [0.717, 1.165) is 25.8 Å². The zero-order chi connectivity index (χ0) is 10.8. The second-order valence-corrected chi connectivity index (χ2v) is 4.59. The number of rotatable bonds is 2. The summed E-state index contributed by atoms with van der Waals surface area (Å²) in [6.07, 6.45) is 3.24. The van der Waals surface area contributed by atoms with Crippen LogP contribution in [0.3, 0.4) is 0 Å². The minimum absolute atomic E-state index is 0.0186. The van der Waals surface area contributed by atoms with Gasteiger partial charge in [-0.1, -0.05) is 6.92 Å². The van der Waals surface area contributed by atoms with Crippen LogP contribution in [0.4, 0.5) is 0 Å². The summed E-state index contributed by atoms with van der Waals surface area (Å²) >= 11 is 3.20. The topological polar surface area (TPSA) is 33.5 Å². The molecule has 3 nitrogen and oxygen atoms in total. The van der Waals surface area contributed by atoms with Crippen LogP contribution in [0.1, 0.15) is 36.7 Å². The number of hydrogen-bond donors (Lipinski definition) is 0. The van der Waals surface area contributed by atoms with E-state index < -0.39 is 0 Å². The molecule has 1 atom stereocenters. The van der Waals surface area contributed by atoms with Gasteiger partial charge in [-0.2, -0.15) is 0 Å². The fraction of sp³-hybridized carbons (Fsp3) is 0.545. The van der Waals surface area contributed by atoms with Crippen molar-refractivity contribution in [2.75, 3.05) is 6.54 Å². The minimum Gasteiger partial charge on any atom is -0.444 e. The smallest absolute Gasteiger partial charge is 0.289 e. The van der Waals surface area contributed by atoms with Crippen LogP contribution in [-0.2, 0) is 0 Å². The van der Waals surface area contributed by atoms with Crippen LogP contribution >= 0.6 is 15.9 Å². The van der Waals surface area contributed by atoms with Gasteiger partial charge in [-0.3, -0.25) is 4.79 Å². The zero-order valence-electron chi connectivity index (χ0n) is 8.70. The number of carbonyl (C=O) groups excluding carboxylic acids is 1. The molecule has 0 spiro atoms. The second kappa shape index (κ2) is 4.39. The molecule has 82 valence electrons. The molecule has 15 heavy (non-hydrogen) atoms. The maximum atomic E-state index is 12.0.